The number of para-hydroxylation sites is 1. The first-order chi connectivity index (χ1) is 15.6. The summed E-state index contributed by atoms with van der Waals surface area (Å²) in [5, 5.41) is 8.28. The average molecular weight is 565 g/mol. The quantitative estimate of drug-likeness (QED) is 0.185. The van der Waals surface area contributed by atoms with Crippen LogP contribution in [0.3, 0.4) is 0 Å². The SMILES string of the molecule is CN=C(NCCCn1ccc2ccccc21)NCC1CCN(Cc2nc(C)c(C)o2)CC1.I. The summed E-state index contributed by atoms with van der Waals surface area (Å²) in [7, 11) is 1.84. The normalized spacial score (nSPS) is 15.5. The number of hydrogen-bond acceptors (Lipinski definition) is 4. The fourth-order valence-electron chi connectivity index (χ4n) is 4.40. The van der Waals surface area contributed by atoms with E-state index in [1.165, 1.54) is 23.7 Å². The zero-order valence-corrected chi connectivity index (χ0v) is 22.3. The molecule has 1 aromatic carbocycles. The number of likely N-dealkylation sites (tertiary alicyclic amines) is 1. The van der Waals surface area contributed by atoms with Crippen LogP contribution in [0.5, 0.6) is 0 Å². The number of nitrogens with zero attached hydrogens (tertiary/aromatic N) is 4. The molecule has 2 aromatic heterocycles. The van der Waals surface area contributed by atoms with Gasteiger partial charge in [0.25, 0.3) is 0 Å². The lowest BCUT2D eigenvalue weighted by Gasteiger charge is -2.31. The molecular formula is C25H37IN6O. The highest BCUT2D eigenvalue weighted by atomic mass is 127. The summed E-state index contributed by atoms with van der Waals surface area (Å²) in [6, 6.07) is 10.7. The molecule has 1 fully saturated rings. The molecule has 0 aliphatic carbocycles. The number of guanidine groups is 1. The van der Waals surface area contributed by atoms with Crippen LogP contribution in [-0.4, -0.2) is 53.6 Å². The third-order valence-corrected chi connectivity index (χ3v) is 6.47. The topological polar surface area (TPSA) is 70.6 Å². The molecule has 1 saturated heterocycles. The van der Waals surface area contributed by atoms with Crippen molar-refractivity contribution in [1.82, 2.24) is 25.1 Å². The summed E-state index contributed by atoms with van der Waals surface area (Å²) in [4.78, 5) is 11.4. The second kappa shape index (κ2) is 12.4. The Labute approximate surface area is 214 Å². The highest BCUT2D eigenvalue weighted by Crippen LogP contribution is 2.19. The van der Waals surface area contributed by atoms with Gasteiger partial charge in [0, 0.05) is 38.4 Å². The molecular weight excluding hydrogens is 527 g/mol. The van der Waals surface area contributed by atoms with Crippen LogP contribution in [0.25, 0.3) is 10.9 Å². The number of aryl methyl sites for hydroxylation is 3. The molecule has 180 valence electrons. The van der Waals surface area contributed by atoms with Crippen molar-refractivity contribution in [2.75, 3.05) is 33.2 Å². The molecule has 2 N–H and O–H groups in total. The maximum Gasteiger partial charge on any atom is 0.208 e. The minimum Gasteiger partial charge on any atom is -0.444 e. The molecule has 0 spiro atoms. The van der Waals surface area contributed by atoms with Crippen LogP contribution in [0, 0.1) is 19.8 Å². The first-order valence-electron chi connectivity index (χ1n) is 11.8. The van der Waals surface area contributed by atoms with E-state index in [0.29, 0.717) is 5.92 Å². The molecule has 0 unspecified atom stereocenters. The summed E-state index contributed by atoms with van der Waals surface area (Å²) >= 11 is 0. The van der Waals surface area contributed by atoms with Crippen molar-refractivity contribution in [2.45, 2.75) is 46.2 Å². The lowest BCUT2D eigenvalue weighted by atomic mass is 9.97. The van der Waals surface area contributed by atoms with E-state index in [2.05, 4.69) is 66.6 Å². The van der Waals surface area contributed by atoms with Gasteiger partial charge >= 0.3 is 0 Å². The van der Waals surface area contributed by atoms with Crippen molar-refractivity contribution in [3.8, 4) is 0 Å². The van der Waals surface area contributed by atoms with E-state index in [0.717, 1.165) is 69.0 Å². The molecule has 0 radical (unpaired) electrons. The molecule has 1 aliphatic rings. The van der Waals surface area contributed by atoms with Crippen LogP contribution >= 0.6 is 24.0 Å². The Morgan fingerprint density at radius 3 is 2.67 bits per heavy atom. The largest absolute Gasteiger partial charge is 0.444 e. The molecule has 3 heterocycles. The van der Waals surface area contributed by atoms with E-state index in [1.807, 2.05) is 20.9 Å². The summed E-state index contributed by atoms with van der Waals surface area (Å²) in [5.74, 6) is 3.34. The van der Waals surface area contributed by atoms with Gasteiger partial charge in [-0.05, 0) is 69.6 Å². The van der Waals surface area contributed by atoms with Crippen molar-refractivity contribution in [3.05, 3.63) is 53.9 Å². The van der Waals surface area contributed by atoms with Crippen LogP contribution in [0.15, 0.2) is 45.9 Å². The zero-order chi connectivity index (χ0) is 22.3. The van der Waals surface area contributed by atoms with Gasteiger partial charge in [-0.3, -0.25) is 9.89 Å². The standard InChI is InChI=1S/C25H36N6O.HI/c1-19-20(2)32-24(29-19)18-30-14-9-21(10-15-30)17-28-25(26-3)27-12-6-13-31-16-11-22-7-4-5-8-23(22)31;/h4-5,7-8,11,16,21H,6,9-10,12-15,17-18H2,1-3H3,(H2,26,27,28);1H. The summed E-state index contributed by atoms with van der Waals surface area (Å²) in [6.07, 6.45) is 5.60. The van der Waals surface area contributed by atoms with Crippen LogP contribution in [0.1, 0.15) is 36.6 Å². The van der Waals surface area contributed by atoms with Crippen molar-refractivity contribution in [3.63, 3.8) is 0 Å². The molecule has 33 heavy (non-hydrogen) atoms. The van der Waals surface area contributed by atoms with Gasteiger partial charge in [0.05, 0.1) is 12.2 Å². The minimum atomic E-state index is 0. The Morgan fingerprint density at radius 2 is 1.94 bits per heavy atom. The van der Waals surface area contributed by atoms with E-state index in [4.69, 9.17) is 4.42 Å². The highest BCUT2D eigenvalue weighted by Gasteiger charge is 2.21. The molecule has 0 amide bonds. The number of halogens is 1. The number of benzene rings is 1. The van der Waals surface area contributed by atoms with Gasteiger partial charge in [0.15, 0.2) is 5.96 Å². The van der Waals surface area contributed by atoms with E-state index >= 15 is 0 Å². The molecule has 0 bridgehead atoms. The fourth-order valence-corrected chi connectivity index (χ4v) is 4.40. The number of aromatic nitrogens is 2. The molecule has 7 nitrogen and oxygen atoms in total. The summed E-state index contributed by atoms with van der Waals surface area (Å²) in [6.45, 7) is 9.84. The maximum atomic E-state index is 5.74. The number of aliphatic imine (C=N–C) groups is 1. The Morgan fingerprint density at radius 1 is 1.15 bits per heavy atom. The van der Waals surface area contributed by atoms with Crippen molar-refractivity contribution in [1.29, 1.82) is 0 Å². The third-order valence-electron chi connectivity index (χ3n) is 6.47. The zero-order valence-electron chi connectivity index (χ0n) is 20.0. The average Bonchev–Trinajstić information content (AvgIpc) is 3.36. The van der Waals surface area contributed by atoms with Crippen LogP contribution in [-0.2, 0) is 13.1 Å². The monoisotopic (exact) mass is 564 g/mol. The number of rotatable bonds is 8. The summed E-state index contributed by atoms with van der Waals surface area (Å²) < 4.78 is 8.06. The van der Waals surface area contributed by atoms with Gasteiger partial charge in [-0.25, -0.2) is 4.98 Å². The van der Waals surface area contributed by atoms with Gasteiger partial charge in [0.1, 0.15) is 5.76 Å². The lowest BCUT2D eigenvalue weighted by Crippen LogP contribution is -2.43. The first-order valence-corrected chi connectivity index (χ1v) is 11.8. The summed E-state index contributed by atoms with van der Waals surface area (Å²) in [5.41, 5.74) is 2.30. The Balaban J connectivity index is 0.00000306. The first kappa shape index (κ1) is 25.6. The van der Waals surface area contributed by atoms with Crippen molar-refractivity contribution < 1.29 is 4.42 Å². The van der Waals surface area contributed by atoms with Crippen LogP contribution < -0.4 is 10.6 Å². The van der Waals surface area contributed by atoms with Crippen molar-refractivity contribution in [2.24, 2.45) is 10.9 Å². The predicted molar refractivity (Wildman–Crippen MR) is 145 cm³/mol. The van der Waals surface area contributed by atoms with Gasteiger partial charge in [-0.2, -0.15) is 0 Å². The molecule has 0 atom stereocenters. The lowest BCUT2D eigenvalue weighted by molar-refractivity contribution is 0.164. The number of nitrogens with one attached hydrogen (secondary N) is 2. The predicted octanol–water partition coefficient (Wildman–Crippen LogP) is 4.33. The van der Waals surface area contributed by atoms with Crippen LogP contribution in [0.2, 0.25) is 0 Å². The second-order valence-corrected chi connectivity index (χ2v) is 8.77. The van der Waals surface area contributed by atoms with E-state index in [1.54, 1.807) is 0 Å². The number of fused-ring (bicyclic) bond motifs is 1. The van der Waals surface area contributed by atoms with Gasteiger partial charge in [-0.15, -0.1) is 24.0 Å². The molecule has 3 aromatic rings. The highest BCUT2D eigenvalue weighted by molar-refractivity contribution is 14.0. The molecule has 1 aliphatic heterocycles. The minimum absolute atomic E-state index is 0. The third kappa shape index (κ3) is 6.96. The fraction of sp³-hybridized carbons (Fsp3) is 0.520. The number of hydrogen-bond donors (Lipinski definition) is 2. The second-order valence-electron chi connectivity index (χ2n) is 8.77. The van der Waals surface area contributed by atoms with Crippen LogP contribution in [0.4, 0.5) is 0 Å². The Hall–Kier alpha value is -2.07. The van der Waals surface area contributed by atoms with Gasteiger partial charge < -0.3 is 19.6 Å². The Bertz CT molecular complexity index is 1020. The van der Waals surface area contributed by atoms with Gasteiger partial charge in [0.2, 0.25) is 5.89 Å². The molecule has 0 saturated carbocycles. The van der Waals surface area contributed by atoms with E-state index in [9.17, 15) is 0 Å². The maximum absolute atomic E-state index is 5.74. The smallest absolute Gasteiger partial charge is 0.208 e. The number of oxazole rings is 1. The molecule has 8 heteroatoms. The van der Waals surface area contributed by atoms with E-state index in [-0.39, 0.29) is 24.0 Å². The number of piperidine rings is 1. The van der Waals surface area contributed by atoms with E-state index < -0.39 is 0 Å². The Kier molecular flexibility index (Phi) is 9.61. The molecule has 4 rings (SSSR count). The van der Waals surface area contributed by atoms with Crippen molar-refractivity contribution >= 4 is 40.8 Å². The van der Waals surface area contributed by atoms with Gasteiger partial charge in [-0.1, -0.05) is 18.2 Å².